The fourth-order valence-corrected chi connectivity index (χ4v) is 1.58. The van der Waals surface area contributed by atoms with Crippen molar-refractivity contribution in [3.8, 4) is 11.1 Å². The molecule has 76 valence electrons. The Morgan fingerprint density at radius 3 is 2.67 bits per heavy atom. The van der Waals surface area contributed by atoms with E-state index in [0.717, 1.165) is 11.1 Å². The third-order valence-corrected chi connectivity index (χ3v) is 2.36. The largest absolute Gasteiger partial charge is 0.398 e. The van der Waals surface area contributed by atoms with Crippen LogP contribution in [-0.4, -0.2) is 4.98 Å². The predicted molar refractivity (Wildman–Crippen MR) is 61.6 cm³/mol. The summed E-state index contributed by atoms with van der Waals surface area (Å²) in [5.74, 6) is 0. The molecule has 0 radical (unpaired) electrons. The quantitative estimate of drug-likeness (QED) is 0.739. The van der Waals surface area contributed by atoms with Crippen LogP contribution in [0, 0.1) is 6.92 Å². The summed E-state index contributed by atoms with van der Waals surface area (Å²) in [6, 6.07) is 9.43. The number of rotatable bonds is 1. The SMILES string of the molecule is Cc1ccccc1-c1cc(N)c[nH]c1=O. The molecule has 0 atom stereocenters. The lowest BCUT2D eigenvalue weighted by molar-refractivity contribution is 1.24. The number of hydrogen-bond acceptors (Lipinski definition) is 2. The summed E-state index contributed by atoms with van der Waals surface area (Å²) in [5, 5.41) is 0. The van der Waals surface area contributed by atoms with Crippen LogP contribution in [0.2, 0.25) is 0 Å². The van der Waals surface area contributed by atoms with Gasteiger partial charge in [-0.25, -0.2) is 0 Å². The lowest BCUT2D eigenvalue weighted by Crippen LogP contribution is -2.09. The molecule has 0 saturated heterocycles. The molecule has 2 aromatic rings. The lowest BCUT2D eigenvalue weighted by Gasteiger charge is -2.04. The van der Waals surface area contributed by atoms with E-state index in [1.54, 1.807) is 6.07 Å². The molecule has 0 amide bonds. The average molecular weight is 200 g/mol. The lowest BCUT2D eigenvalue weighted by atomic mass is 10.0. The third-order valence-electron chi connectivity index (χ3n) is 2.36. The van der Waals surface area contributed by atoms with E-state index in [0.29, 0.717) is 11.3 Å². The Labute approximate surface area is 87.6 Å². The van der Waals surface area contributed by atoms with Crippen LogP contribution in [0.15, 0.2) is 41.3 Å². The van der Waals surface area contributed by atoms with Gasteiger partial charge in [0.15, 0.2) is 0 Å². The summed E-state index contributed by atoms with van der Waals surface area (Å²) in [5.41, 5.74) is 8.70. The van der Waals surface area contributed by atoms with Gasteiger partial charge in [0.05, 0.1) is 0 Å². The van der Waals surface area contributed by atoms with Gasteiger partial charge in [-0.05, 0) is 24.1 Å². The molecule has 0 bridgehead atoms. The van der Waals surface area contributed by atoms with Crippen molar-refractivity contribution < 1.29 is 0 Å². The van der Waals surface area contributed by atoms with Crippen LogP contribution in [0.3, 0.4) is 0 Å². The number of aryl methyl sites for hydroxylation is 1. The van der Waals surface area contributed by atoms with Gasteiger partial charge in [0.2, 0.25) is 0 Å². The van der Waals surface area contributed by atoms with Crippen LogP contribution in [0.25, 0.3) is 11.1 Å². The van der Waals surface area contributed by atoms with Gasteiger partial charge in [-0.1, -0.05) is 24.3 Å². The zero-order chi connectivity index (χ0) is 10.8. The molecule has 0 fully saturated rings. The summed E-state index contributed by atoms with van der Waals surface area (Å²) in [7, 11) is 0. The van der Waals surface area contributed by atoms with Gasteiger partial charge in [0.1, 0.15) is 0 Å². The molecule has 2 rings (SSSR count). The molecule has 0 aliphatic rings. The summed E-state index contributed by atoms with van der Waals surface area (Å²) < 4.78 is 0. The van der Waals surface area contributed by atoms with E-state index in [1.807, 2.05) is 31.2 Å². The predicted octanol–water partition coefficient (Wildman–Crippen LogP) is 1.93. The molecular weight excluding hydrogens is 188 g/mol. The summed E-state index contributed by atoms with van der Waals surface area (Å²) >= 11 is 0. The third kappa shape index (κ3) is 1.76. The van der Waals surface area contributed by atoms with E-state index in [1.165, 1.54) is 6.20 Å². The number of nitrogens with one attached hydrogen (secondary N) is 1. The normalized spacial score (nSPS) is 10.2. The highest BCUT2D eigenvalue weighted by Gasteiger charge is 2.05. The fourth-order valence-electron chi connectivity index (χ4n) is 1.58. The van der Waals surface area contributed by atoms with Gasteiger partial charge in [0, 0.05) is 17.4 Å². The number of nitrogens with two attached hydrogens (primary N) is 1. The maximum Gasteiger partial charge on any atom is 0.255 e. The van der Waals surface area contributed by atoms with Crippen molar-refractivity contribution in [1.29, 1.82) is 0 Å². The summed E-state index contributed by atoms with van der Waals surface area (Å²) in [6.45, 7) is 1.97. The highest BCUT2D eigenvalue weighted by Crippen LogP contribution is 2.20. The number of benzene rings is 1. The van der Waals surface area contributed by atoms with Crippen LogP contribution < -0.4 is 11.3 Å². The maximum atomic E-state index is 11.6. The number of aromatic nitrogens is 1. The smallest absolute Gasteiger partial charge is 0.255 e. The zero-order valence-corrected chi connectivity index (χ0v) is 8.45. The minimum atomic E-state index is -0.112. The van der Waals surface area contributed by atoms with Gasteiger partial charge in [-0.3, -0.25) is 4.79 Å². The first kappa shape index (κ1) is 9.52. The van der Waals surface area contributed by atoms with Crippen molar-refractivity contribution in [3.05, 3.63) is 52.4 Å². The molecular formula is C12H12N2O. The molecule has 1 aromatic carbocycles. The van der Waals surface area contributed by atoms with Crippen LogP contribution in [-0.2, 0) is 0 Å². The molecule has 0 unspecified atom stereocenters. The fraction of sp³-hybridized carbons (Fsp3) is 0.0833. The zero-order valence-electron chi connectivity index (χ0n) is 8.45. The summed E-state index contributed by atoms with van der Waals surface area (Å²) in [4.78, 5) is 14.2. The van der Waals surface area contributed by atoms with E-state index in [4.69, 9.17) is 5.73 Å². The molecule has 3 N–H and O–H groups in total. The van der Waals surface area contributed by atoms with Crippen LogP contribution in [0.5, 0.6) is 0 Å². The first-order valence-corrected chi connectivity index (χ1v) is 4.72. The highest BCUT2D eigenvalue weighted by atomic mass is 16.1. The molecule has 0 saturated carbocycles. The van der Waals surface area contributed by atoms with Gasteiger partial charge in [-0.2, -0.15) is 0 Å². The number of H-pyrrole nitrogens is 1. The molecule has 1 heterocycles. The van der Waals surface area contributed by atoms with Crippen LogP contribution in [0.4, 0.5) is 5.69 Å². The Bertz CT molecular complexity index is 543. The van der Waals surface area contributed by atoms with Crippen molar-refractivity contribution in [2.45, 2.75) is 6.92 Å². The Balaban J connectivity index is 2.69. The molecule has 0 spiro atoms. The molecule has 15 heavy (non-hydrogen) atoms. The highest BCUT2D eigenvalue weighted by molar-refractivity contribution is 5.68. The number of aromatic amines is 1. The van der Waals surface area contributed by atoms with Gasteiger partial charge >= 0.3 is 0 Å². The molecule has 3 heteroatoms. The number of nitrogen functional groups attached to an aromatic ring is 1. The standard InChI is InChI=1S/C12H12N2O/c1-8-4-2-3-5-10(8)11-6-9(13)7-14-12(11)15/h2-7H,13H2,1H3,(H,14,15). The van der Waals surface area contributed by atoms with Crippen molar-refractivity contribution in [1.82, 2.24) is 4.98 Å². The minimum absolute atomic E-state index is 0.112. The first-order chi connectivity index (χ1) is 7.18. The van der Waals surface area contributed by atoms with E-state index in [2.05, 4.69) is 4.98 Å². The van der Waals surface area contributed by atoms with Gasteiger partial charge in [-0.15, -0.1) is 0 Å². The van der Waals surface area contributed by atoms with E-state index in [-0.39, 0.29) is 5.56 Å². The molecule has 1 aromatic heterocycles. The van der Waals surface area contributed by atoms with E-state index in [9.17, 15) is 4.79 Å². The number of pyridine rings is 1. The molecule has 0 aliphatic heterocycles. The maximum absolute atomic E-state index is 11.6. The van der Waals surface area contributed by atoms with Crippen molar-refractivity contribution in [2.75, 3.05) is 5.73 Å². The molecule has 3 nitrogen and oxygen atoms in total. The van der Waals surface area contributed by atoms with Crippen molar-refractivity contribution in [3.63, 3.8) is 0 Å². The van der Waals surface area contributed by atoms with E-state index < -0.39 is 0 Å². The molecule has 0 aliphatic carbocycles. The Morgan fingerprint density at radius 1 is 1.20 bits per heavy atom. The topological polar surface area (TPSA) is 58.9 Å². The average Bonchev–Trinajstić information content (AvgIpc) is 2.23. The Kier molecular flexibility index (Phi) is 2.29. The number of hydrogen-bond donors (Lipinski definition) is 2. The van der Waals surface area contributed by atoms with E-state index >= 15 is 0 Å². The monoisotopic (exact) mass is 200 g/mol. The minimum Gasteiger partial charge on any atom is -0.398 e. The van der Waals surface area contributed by atoms with Gasteiger partial charge in [0.25, 0.3) is 5.56 Å². The van der Waals surface area contributed by atoms with Crippen molar-refractivity contribution in [2.24, 2.45) is 0 Å². The number of anilines is 1. The second-order valence-corrected chi connectivity index (χ2v) is 3.49. The second kappa shape index (κ2) is 3.61. The van der Waals surface area contributed by atoms with Crippen LogP contribution in [0.1, 0.15) is 5.56 Å². The van der Waals surface area contributed by atoms with Crippen molar-refractivity contribution >= 4 is 5.69 Å². The van der Waals surface area contributed by atoms with Crippen LogP contribution >= 0.6 is 0 Å². The Morgan fingerprint density at radius 2 is 1.93 bits per heavy atom. The Hall–Kier alpha value is -2.03. The summed E-state index contributed by atoms with van der Waals surface area (Å²) in [6.07, 6.45) is 1.50. The van der Waals surface area contributed by atoms with Gasteiger partial charge < -0.3 is 10.7 Å². The second-order valence-electron chi connectivity index (χ2n) is 3.49. The first-order valence-electron chi connectivity index (χ1n) is 4.72.